The topological polar surface area (TPSA) is 77.2 Å². The Bertz CT molecular complexity index is 829. The highest BCUT2D eigenvalue weighted by Gasteiger charge is 2.15. The molecule has 1 aromatic heterocycles. The van der Waals surface area contributed by atoms with Gasteiger partial charge in [-0.1, -0.05) is 12.1 Å². The molecule has 0 fully saturated rings. The lowest BCUT2D eigenvalue weighted by Crippen LogP contribution is -2.23. The van der Waals surface area contributed by atoms with E-state index in [2.05, 4.69) is 15.5 Å². The van der Waals surface area contributed by atoms with Gasteiger partial charge < -0.3 is 14.5 Å². The summed E-state index contributed by atoms with van der Waals surface area (Å²) in [5.41, 5.74) is 1.44. The first-order valence-corrected chi connectivity index (χ1v) is 7.16. The molecule has 0 bridgehead atoms. The Labute approximate surface area is 137 Å². The van der Waals surface area contributed by atoms with Gasteiger partial charge in [0.1, 0.15) is 11.6 Å². The molecule has 6 nitrogen and oxygen atoms in total. The number of halogens is 1. The number of hydrogen-bond acceptors (Lipinski definition) is 5. The van der Waals surface area contributed by atoms with Crippen molar-refractivity contribution < 1.29 is 18.3 Å². The summed E-state index contributed by atoms with van der Waals surface area (Å²) in [5.74, 6) is -0.0965. The van der Waals surface area contributed by atoms with Crippen LogP contribution in [-0.4, -0.2) is 23.2 Å². The molecule has 0 atom stereocenters. The Morgan fingerprint density at radius 3 is 2.50 bits per heavy atom. The molecule has 3 aromatic rings. The monoisotopic (exact) mass is 327 g/mol. The molecule has 7 heteroatoms. The Balaban J connectivity index is 1.64. The molecule has 0 aliphatic carbocycles. The van der Waals surface area contributed by atoms with Gasteiger partial charge in [0.2, 0.25) is 5.89 Å². The summed E-state index contributed by atoms with van der Waals surface area (Å²) in [4.78, 5) is 12.0. The minimum absolute atomic E-state index is 0.150. The normalized spacial score (nSPS) is 10.4. The van der Waals surface area contributed by atoms with Crippen molar-refractivity contribution in [3.05, 3.63) is 65.8 Å². The van der Waals surface area contributed by atoms with Gasteiger partial charge >= 0.3 is 11.8 Å². The number of methoxy groups -OCH3 is 1. The molecule has 0 spiro atoms. The van der Waals surface area contributed by atoms with E-state index < -0.39 is 5.91 Å². The van der Waals surface area contributed by atoms with Crippen LogP contribution in [0.3, 0.4) is 0 Å². The predicted molar refractivity (Wildman–Crippen MR) is 83.9 cm³/mol. The third kappa shape index (κ3) is 3.57. The molecule has 2 aromatic carbocycles. The largest absolute Gasteiger partial charge is 0.497 e. The lowest BCUT2D eigenvalue weighted by Gasteiger charge is -2.04. The van der Waals surface area contributed by atoms with Crippen molar-refractivity contribution in [1.82, 2.24) is 15.5 Å². The van der Waals surface area contributed by atoms with Crippen LogP contribution in [0.15, 0.2) is 52.9 Å². The fraction of sp³-hybridized carbons (Fsp3) is 0.118. The number of rotatable bonds is 5. The molecule has 122 valence electrons. The number of hydrogen-bond donors (Lipinski definition) is 1. The van der Waals surface area contributed by atoms with Gasteiger partial charge in [-0.3, -0.25) is 4.79 Å². The van der Waals surface area contributed by atoms with Crippen LogP contribution in [0.1, 0.15) is 16.2 Å². The summed E-state index contributed by atoms with van der Waals surface area (Å²) >= 11 is 0. The van der Waals surface area contributed by atoms with Crippen LogP contribution >= 0.6 is 0 Å². The van der Waals surface area contributed by atoms with Gasteiger partial charge in [0.25, 0.3) is 0 Å². The lowest BCUT2D eigenvalue weighted by molar-refractivity contribution is 0.0917. The van der Waals surface area contributed by atoms with Gasteiger partial charge in [-0.2, -0.15) is 0 Å². The standard InChI is InChI=1S/C17H14FN3O3/c1-23-14-8-2-11(3-9-14)10-19-15(22)17-21-20-16(24-17)12-4-6-13(18)7-5-12/h2-9H,10H2,1H3,(H,19,22). The number of amides is 1. The van der Waals surface area contributed by atoms with Crippen LogP contribution < -0.4 is 10.1 Å². The molecule has 0 unspecified atom stereocenters. The van der Waals surface area contributed by atoms with Gasteiger partial charge in [-0.15, -0.1) is 10.2 Å². The third-order valence-corrected chi connectivity index (χ3v) is 3.32. The van der Waals surface area contributed by atoms with Crippen molar-refractivity contribution in [1.29, 1.82) is 0 Å². The molecule has 0 saturated heterocycles. The zero-order valence-electron chi connectivity index (χ0n) is 12.8. The number of nitrogens with zero attached hydrogens (tertiary/aromatic N) is 2. The molecule has 1 amide bonds. The van der Waals surface area contributed by atoms with Crippen LogP contribution in [-0.2, 0) is 6.54 Å². The molecular formula is C17H14FN3O3. The highest BCUT2D eigenvalue weighted by molar-refractivity contribution is 5.89. The first-order chi connectivity index (χ1) is 11.7. The van der Waals surface area contributed by atoms with Gasteiger partial charge in [-0.05, 0) is 42.0 Å². The van der Waals surface area contributed by atoms with E-state index in [1.165, 1.54) is 24.3 Å². The Morgan fingerprint density at radius 2 is 1.83 bits per heavy atom. The van der Waals surface area contributed by atoms with Crippen LogP contribution in [0.25, 0.3) is 11.5 Å². The second kappa shape index (κ2) is 6.91. The quantitative estimate of drug-likeness (QED) is 0.780. The second-order valence-corrected chi connectivity index (χ2v) is 4.95. The van der Waals surface area contributed by atoms with Crippen molar-refractivity contribution in [2.24, 2.45) is 0 Å². The summed E-state index contributed by atoms with van der Waals surface area (Å²) < 4.78 is 23.3. The number of aromatic nitrogens is 2. The SMILES string of the molecule is COc1ccc(CNC(=O)c2nnc(-c3ccc(F)cc3)o2)cc1. The molecule has 0 saturated carbocycles. The zero-order chi connectivity index (χ0) is 16.9. The summed E-state index contributed by atoms with van der Waals surface area (Å²) in [6.07, 6.45) is 0. The van der Waals surface area contributed by atoms with E-state index in [-0.39, 0.29) is 17.6 Å². The van der Waals surface area contributed by atoms with E-state index in [0.29, 0.717) is 12.1 Å². The highest BCUT2D eigenvalue weighted by Crippen LogP contribution is 2.18. The molecule has 0 radical (unpaired) electrons. The van der Waals surface area contributed by atoms with Crippen LogP contribution in [0.2, 0.25) is 0 Å². The molecule has 0 aliphatic heterocycles. The second-order valence-electron chi connectivity index (χ2n) is 4.95. The number of ether oxygens (including phenoxy) is 1. The summed E-state index contributed by atoms with van der Waals surface area (Å²) in [6.45, 7) is 0.317. The van der Waals surface area contributed by atoms with E-state index in [9.17, 15) is 9.18 Å². The first-order valence-electron chi connectivity index (χ1n) is 7.16. The van der Waals surface area contributed by atoms with E-state index in [0.717, 1.165) is 11.3 Å². The van der Waals surface area contributed by atoms with Crippen molar-refractivity contribution >= 4 is 5.91 Å². The van der Waals surface area contributed by atoms with Crippen LogP contribution in [0, 0.1) is 5.82 Å². The lowest BCUT2D eigenvalue weighted by atomic mass is 10.2. The Hall–Kier alpha value is -3.22. The van der Waals surface area contributed by atoms with Crippen LogP contribution in [0.5, 0.6) is 5.75 Å². The van der Waals surface area contributed by atoms with Gasteiger partial charge in [0.05, 0.1) is 7.11 Å². The van der Waals surface area contributed by atoms with Crippen molar-refractivity contribution in [3.8, 4) is 17.2 Å². The zero-order valence-corrected chi connectivity index (χ0v) is 12.8. The Morgan fingerprint density at radius 1 is 1.12 bits per heavy atom. The maximum Gasteiger partial charge on any atom is 0.309 e. The first kappa shape index (κ1) is 15.7. The van der Waals surface area contributed by atoms with Gasteiger partial charge in [0.15, 0.2) is 0 Å². The minimum atomic E-state index is -0.480. The number of nitrogens with one attached hydrogen (secondary N) is 1. The number of carbonyl (C=O) groups is 1. The molecule has 3 rings (SSSR count). The van der Waals surface area contributed by atoms with Crippen LogP contribution in [0.4, 0.5) is 4.39 Å². The fourth-order valence-electron chi connectivity index (χ4n) is 2.03. The fourth-order valence-corrected chi connectivity index (χ4v) is 2.03. The van der Waals surface area contributed by atoms with Crippen molar-refractivity contribution in [2.75, 3.05) is 7.11 Å². The molecular weight excluding hydrogens is 313 g/mol. The molecule has 1 heterocycles. The minimum Gasteiger partial charge on any atom is -0.497 e. The predicted octanol–water partition coefficient (Wildman–Crippen LogP) is 2.81. The van der Waals surface area contributed by atoms with E-state index in [1.54, 1.807) is 19.2 Å². The molecule has 0 aliphatic rings. The molecule has 1 N–H and O–H groups in total. The van der Waals surface area contributed by atoms with E-state index >= 15 is 0 Å². The smallest absolute Gasteiger partial charge is 0.309 e. The number of benzene rings is 2. The Kier molecular flexibility index (Phi) is 4.51. The molecule has 24 heavy (non-hydrogen) atoms. The summed E-state index contributed by atoms with van der Waals surface area (Å²) in [5, 5.41) is 10.2. The highest BCUT2D eigenvalue weighted by atomic mass is 19.1. The third-order valence-electron chi connectivity index (χ3n) is 3.32. The average Bonchev–Trinajstić information content (AvgIpc) is 3.11. The van der Waals surface area contributed by atoms with E-state index in [4.69, 9.17) is 9.15 Å². The maximum atomic E-state index is 12.9. The van der Waals surface area contributed by atoms with Crippen molar-refractivity contribution in [3.63, 3.8) is 0 Å². The summed E-state index contributed by atoms with van der Waals surface area (Å²) in [6, 6.07) is 12.9. The summed E-state index contributed by atoms with van der Waals surface area (Å²) in [7, 11) is 1.59. The van der Waals surface area contributed by atoms with Gasteiger partial charge in [0, 0.05) is 12.1 Å². The number of carbonyl (C=O) groups excluding carboxylic acids is 1. The maximum absolute atomic E-state index is 12.9. The average molecular weight is 327 g/mol. The van der Waals surface area contributed by atoms with Crippen molar-refractivity contribution in [2.45, 2.75) is 6.54 Å². The van der Waals surface area contributed by atoms with E-state index in [1.807, 2.05) is 12.1 Å². The van der Waals surface area contributed by atoms with Gasteiger partial charge in [-0.25, -0.2) is 4.39 Å².